The van der Waals surface area contributed by atoms with E-state index in [1.54, 1.807) is 4.90 Å². The van der Waals surface area contributed by atoms with E-state index < -0.39 is 5.60 Å². The van der Waals surface area contributed by atoms with Gasteiger partial charge in [-0.2, -0.15) is 0 Å². The molecule has 1 aromatic carbocycles. The van der Waals surface area contributed by atoms with Crippen LogP contribution in [0.2, 0.25) is 0 Å². The van der Waals surface area contributed by atoms with Crippen LogP contribution in [-0.2, 0) is 6.54 Å². The Morgan fingerprint density at radius 3 is 2.40 bits per heavy atom. The van der Waals surface area contributed by atoms with Crippen molar-refractivity contribution in [2.24, 2.45) is 5.92 Å². The zero-order valence-electron chi connectivity index (χ0n) is 12.2. The molecule has 0 spiro atoms. The van der Waals surface area contributed by atoms with E-state index in [4.69, 9.17) is 0 Å². The molecule has 1 aliphatic heterocycles. The minimum absolute atomic E-state index is 0.0340. The molecule has 4 nitrogen and oxygen atoms in total. The Morgan fingerprint density at radius 2 is 1.90 bits per heavy atom. The summed E-state index contributed by atoms with van der Waals surface area (Å²) in [6.07, 6.45) is 2.22. The van der Waals surface area contributed by atoms with Crippen molar-refractivity contribution in [1.82, 2.24) is 9.80 Å². The third kappa shape index (κ3) is 2.58. The number of benzene rings is 1. The van der Waals surface area contributed by atoms with E-state index in [0.717, 1.165) is 19.4 Å². The lowest BCUT2D eigenvalue weighted by molar-refractivity contribution is -0.0958. The summed E-state index contributed by atoms with van der Waals surface area (Å²) in [5, 5.41) is 10.3. The number of likely N-dealkylation sites (tertiary alicyclic amines) is 1. The average Bonchev–Trinajstić information content (AvgIpc) is 3.19. The van der Waals surface area contributed by atoms with Crippen molar-refractivity contribution < 1.29 is 9.90 Å². The van der Waals surface area contributed by atoms with Crippen LogP contribution in [0.15, 0.2) is 24.3 Å². The molecule has 0 unspecified atom stereocenters. The molecule has 2 aliphatic rings. The van der Waals surface area contributed by atoms with Crippen LogP contribution in [0.3, 0.4) is 0 Å². The van der Waals surface area contributed by atoms with Gasteiger partial charge in [-0.05, 0) is 50.6 Å². The molecule has 1 saturated carbocycles. The van der Waals surface area contributed by atoms with Crippen LogP contribution >= 0.6 is 0 Å². The lowest BCUT2D eigenvalue weighted by Crippen LogP contribution is -2.64. The van der Waals surface area contributed by atoms with E-state index in [0.29, 0.717) is 24.6 Å². The summed E-state index contributed by atoms with van der Waals surface area (Å²) in [6.45, 7) is 1.87. The number of amides is 1. The van der Waals surface area contributed by atoms with E-state index in [1.165, 1.54) is 5.56 Å². The Morgan fingerprint density at radius 1 is 1.30 bits per heavy atom. The molecule has 1 amide bonds. The number of carbonyl (C=O) groups is 1. The first-order chi connectivity index (χ1) is 9.48. The average molecular weight is 274 g/mol. The number of carbonyl (C=O) groups excluding carboxylic acids is 1. The summed E-state index contributed by atoms with van der Waals surface area (Å²) in [5.74, 6) is 0.459. The van der Waals surface area contributed by atoms with Gasteiger partial charge >= 0.3 is 0 Å². The molecule has 3 rings (SSSR count). The molecule has 4 heteroatoms. The molecule has 108 valence electrons. The molecule has 1 heterocycles. The molecule has 1 N–H and O–H groups in total. The fourth-order valence-corrected chi connectivity index (χ4v) is 2.94. The highest BCUT2D eigenvalue weighted by atomic mass is 16.3. The van der Waals surface area contributed by atoms with E-state index in [1.807, 2.05) is 38.4 Å². The summed E-state index contributed by atoms with van der Waals surface area (Å²) in [5.41, 5.74) is 1.32. The normalized spacial score (nSPS) is 20.9. The van der Waals surface area contributed by atoms with Crippen molar-refractivity contribution in [3.63, 3.8) is 0 Å². The van der Waals surface area contributed by atoms with Crippen LogP contribution < -0.4 is 0 Å². The number of rotatable bonds is 4. The smallest absolute Gasteiger partial charge is 0.254 e. The molecule has 1 aliphatic carbocycles. The van der Waals surface area contributed by atoms with Gasteiger partial charge in [-0.15, -0.1) is 0 Å². The topological polar surface area (TPSA) is 43.8 Å². The monoisotopic (exact) mass is 274 g/mol. The number of β-amino-alcohol motifs (C(OH)–C–C–N with tert-alkyl or cyclic N) is 1. The van der Waals surface area contributed by atoms with Crippen LogP contribution in [0, 0.1) is 5.92 Å². The number of nitrogens with zero attached hydrogens (tertiary/aromatic N) is 2. The van der Waals surface area contributed by atoms with E-state index >= 15 is 0 Å². The minimum atomic E-state index is -0.597. The van der Waals surface area contributed by atoms with Gasteiger partial charge in [0.05, 0.1) is 13.1 Å². The van der Waals surface area contributed by atoms with Crippen molar-refractivity contribution in [3.8, 4) is 0 Å². The molecule has 1 saturated heterocycles. The van der Waals surface area contributed by atoms with Crippen LogP contribution in [0.1, 0.15) is 28.8 Å². The predicted molar refractivity (Wildman–Crippen MR) is 77.4 cm³/mol. The second-order valence-corrected chi connectivity index (χ2v) is 6.47. The van der Waals surface area contributed by atoms with Crippen molar-refractivity contribution in [2.45, 2.75) is 25.0 Å². The highest BCUT2D eigenvalue weighted by molar-refractivity contribution is 5.95. The van der Waals surface area contributed by atoms with Gasteiger partial charge in [-0.1, -0.05) is 12.1 Å². The van der Waals surface area contributed by atoms with Crippen molar-refractivity contribution in [2.75, 3.05) is 27.2 Å². The van der Waals surface area contributed by atoms with Gasteiger partial charge in [0.25, 0.3) is 5.91 Å². The fourth-order valence-electron chi connectivity index (χ4n) is 2.94. The van der Waals surface area contributed by atoms with Crippen LogP contribution in [0.4, 0.5) is 0 Å². The molecule has 2 fully saturated rings. The summed E-state index contributed by atoms with van der Waals surface area (Å²) >= 11 is 0. The zero-order chi connectivity index (χ0) is 14.3. The number of hydrogen-bond acceptors (Lipinski definition) is 3. The third-order valence-corrected chi connectivity index (χ3v) is 4.25. The minimum Gasteiger partial charge on any atom is -0.386 e. The highest BCUT2D eigenvalue weighted by Crippen LogP contribution is 2.44. The first-order valence-corrected chi connectivity index (χ1v) is 7.23. The maximum atomic E-state index is 12.3. The SMILES string of the molecule is CN(C)Cc1ccc(C(=O)N2CC(O)(C3CC3)C2)cc1. The first kappa shape index (κ1) is 13.6. The van der Waals surface area contributed by atoms with Gasteiger partial charge in [-0.3, -0.25) is 4.79 Å². The van der Waals surface area contributed by atoms with Crippen LogP contribution in [0.25, 0.3) is 0 Å². The molecule has 0 atom stereocenters. The van der Waals surface area contributed by atoms with Crippen molar-refractivity contribution in [1.29, 1.82) is 0 Å². The maximum absolute atomic E-state index is 12.3. The Kier molecular flexibility index (Phi) is 3.30. The van der Waals surface area contributed by atoms with Crippen molar-refractivity contribution >= 4 is 5.91 Å². The summed E-state index contributed by atoms with van der Waals surface area (Å²) in [7, 11) is 4.05. The fraction of sp³-hybridized carbons (Fsp3) is 0.562. The van der Waals surface area contributed by atoms with Gasteiger partial charge in [0.2, 0.25) is 0 Å². The second-order valence-electron chi connectivity index (χ2n) is 6.47. The molecule has 1 aromatic rings. The van der Waals surface area contributed by atoms with Gasteiger partial charge in [0, 0.05) is 12.1 Å². The number of hydrogen-bond donors (Lipinski definition) is 1. The summed E-state index contributed by atoms with van der Waals surface area (Å²) in [6, 6.07) is 7.77. The largest absolute Gasteiger partial charge is 0.386 e. The standard InChI is InChI=1S/C16H22N2O2/c1-17(2)9-12-3-5-13(6-4-12)15(19)18-10-16(20,11-18)14-7-8-14/h3-6,14,20H,7-11H2,1-2H3. The predicted octanol–water partition coefficient (Wildman–Crippen LogP) is 1.35. The Hall–Kier alpha value is -1.39. The molecule has 0 aromatic heterocycles. The quantitative estimate of drug-likeness (QED) is 0.901. The van der Waals surface area contributed by atoms with Gasteiger partial charge < -0.3 is 14.9 Å². The van der Waals surface area contributed by atoms with E-state index in [9.17, 15) is 9.90 Å². The Labute approximate surface area is 120 Å². The second kappa shape index (κ2) is 4.86. The van der Waals surface area contributed by atoms with Gasteiger partial charge in [0.15, 0.2) is 0 Å². The highest BCUT2D eigenvalue weighted by Gasteiger charge is 2.53. The van der Waals surface area contributed by atoms with Gasteiger partial charge in [-0.25, -0.2) is 0 Å². The maximum Gasteiger partial charge on any atom is 0.254 e. The number of aliphatic hydroxyl groups is 1. The lowest BCUT2D eigenvalue weighted by atomic mass is 9.88. The van der Waals surface area contributed by atoms with Crippen molar-refractivity contribution in [3.05, 3.63) is 35.4 Å². The molecule has 20 heavy (non-hydrogen) atoms. The van der Waals surface area contributed by atoms with Gasteiger partial charge in [0.1, 0.15) is 5.60 Å². The Balaban J connectivity index is 1.60. The molecule has 0 bridgehead atoms. The molecular formula is C16H22N2O2. The van der Waals surface area contributed by atoms with E-state index in [-0.39, 0.29) is 5.91 Å². The molecule has 0 radical (unpaired) electrons. The third-order valence-electron chi connectivity index (χ3n) is 4.25. The zero-order valence-corrected chi connectivity index (χ0v) is 12.2. The molecular weight excluding hydrogens is 252 g/mol. The summed E-state index contributed by atoms with van der Waals surface area (Å²) in [4.78, 5) is 16.1. The van der Waals surface area contributed by atoms with Crippen LogP contribution in [-0.4, -0.2) is 53.6 Å². The first-order valence-electron chi connectivity index (χ1n) is 7.23. The lowest BCUT2D eigenvalue weighted by Gasteiger charge is -2.47. The Bertz CT molecular complexity index is 500. The van der Waals surface area contributed by atoms with Crippen LogP contribution in [0.5, 0.6) is 0 Å². The summed E-state index contributed by atoms with van der Waals surface area (Å²) < 4.78 is 0. The van der Waals surface area contributed by atoms with E-state index in [2.05, 4.69) is 4.90 Å².